The molecule has 0 aliphatic carbocycles. The van der Waals surface area contributed by atoms with E-state index < -0.39 is 11.1 Å². The minimum absolute atomic E-state index is 0.00474. The summed E-state index contributed by atoms with van der Waals surface area (Å²) >= 11 is 0. The van der Waals surface area contributed by atoms with Crippen LogP contribution in [0.3, 0.4) is 0 Å². The van der Waals surface area contributed by atoms with Gasteiger partial charge in [-0.25, -0.2) is 0 Å². The number of carbonyl (C=O) groups is 7. The number of hydrogen-bond donors (Lipinski definition) is 1. The lowest BCUT2D eigenvalue weighted by Crippen LogP contribution is -2.62. The highest BCUT2D eigenvalue weighted by atomic mass is 16.7. The molecule has 6 fully saturated rings. The maximum Gasteiger partial charge on any atom is 0.309 e. The van der Waals surface area contributed by atoms with Gasteiger partial charge in [0.1, 0.15) is 48.7 Å². The van der Waals surface area contributed by atoms with Gasteiger partial charge in [0.05, 0.1) is 36.1 Å². The number of ether oxygens (including phenoxy) is 7. The first-order valence-corrected chi connectivity index (χ1v) is 55.8. The molecule has 1 N–H and O–H groups in total. The second-order valence-electron chi connectivity index (χ2n) is 52.8. The van der Waals surface area contributed by atoms with Crippen LogP contribution in [0.2, 0.25) is 0 Å². The van der Waals surface area contributed by atoms with Crippen LogP contribution in [0.5, 0.6) is 5.75 Å². The summed E-state index contributed by atoms with van der Waals surface area (Å²) in [4.78, 5) is 108. The van der Waals surface area contributed by atoms with Gasteiger partial charge >= 0.3 is 35.8 Å². The smallest absolute Gasteiger partial charge is 0.309 e. The van der Waals surface area contributed by atoms with Crippen LogP contribution in [0.25, 0.3) is 0 Å². The predicted octanol–water partition coefficient (Wildman–Crippen LogP) is 25.7. The average molecular weight is 2030 g/mol. The van der Waals surface area contributed by atoms with Gasteiger partial charge in [0, 0.05) is 183 Å². The van der Waals surface area contributed by atoms with E-state index in [1.807, 2.05) is 5.06 Å². The summed E-state index contributed by atoms with van der Waals surface area (Å²) in [6, 6.07) is 4.22. The molecule has 1 unspecified atom stereocenters. The number of hydrogen-bond acceptors (Lipinski definition) is 23. The normalized spacial score (nSPS) is 21.1. The molecule has 145 heavy (non-hydrogen) atoms. The molecule has 1 atom stereocenters. The summed E-state index contributed by atoms with van der Waals surface area (Å²) in [5.74, 6) is 14.4. The Morgan fingerprint density at radius 2 is 0.690 bits per heavy atom. The number of phenols is 1. The molecule has 23 nitrogen and oxygen atoms in total. The summed E-state index contributed by atoms with van der Waals surface area (Å²) in [6.45, 7) is 73.0. The number of piperidine rings is 6. The van der Waals surface area contributed by atoms with Gasteiger partial charge in [0.25, 0.3) is 0 Å². The van der Waals surface area contributed by atoms with E-state index in [0.29, 0.717) is 63.8 Å². The Labute approximate surface area is 883 Å². The Morgan fingerprint density at radius 1 is 0.379 bits per heavy atom. The Bertz CT molecular complexity index is 4250. The summed E-state index contributed by atoms with van der Waals surface area (Å²) in [6.07, 6.45) is 42.4. The number of phenolic OH excluding ortho intramolecular Hbond substituents is 1. The van der Waals surface area contributed by atoms with E-state index in [1.54, 1.807) is 7.11 Å². The fraction of sp³-hybridized carbons (Fsp3) is 0.828. The highest BCUT2D eigenvalue weighted by Crippen LogP contribution is 2.48. The molecular weight excluding hydrogens is 1820 g/mol. The maximum atomic E-state index is 13.6. The van der Waals surface area contributed by atoms with E-state index in [1.165, 1.54) is 39.0 Å². The van der Waals surface area contributed by atoms with Crippen molar-refractivity contribution in [3.05, 3.63) is 28.8 Å². The van der Waals surface area contributed by atoms with Crippen LogP contribution in [0, 0.1) is 54.0 Å². The van der Waals surface area contributed by atoms with E-state index in [4.69, 9.17) is 49.3 Å². The number of ketones is 1. The quantitative estimate of drug-likeness (QED) is 0.0276. The molecule has 0 saturated carbocycles. The first kappa shape index (κ1) is 131. The molecule has 6 saturated heterocycles. The monoisotopic (exact) mass is 2030 g/mol. The van der Waals surface area contributed by atoms with Crippen molar-refractivity contribution in [1.82, 2.24) is 29.7 Å². The molecule has 6 aliphatic heterocycles. The van der Waals surface area contributed by atoms with Gasteiger partial charge in [-0.2, -0.15) is 5.06 Å². The van der Waals surface area contributed by atoms with Gasteiger partial charge in [-0.1, -0.05) is 164 Å². The molecule has 7 rings (SSSR count). The lowest BCUT2D eigenvalue weighted by molar-refractivity contribution is -0.293. The van der Waals surface area contributed by atoms with Crippen molar-refractivity contribution in [2.24, 2.45) is 5.92 Å². The Hall–Kier alpha value is -6.77. The van der Waals surface area contributed by atoms with Crippen molar-refractivity contribution in [3.8, 4) is 53.8 Å². The van der Waals surface area contributed by atoms with Crippen LogP contribution in [0.1, 0.15) is 496 Å². The minimum Gasteiger partial charge on any atom is -0.507 e. The first-order valence-electron chi connectivity index (χ1n) is 55.8. The summed E-state index contributed by atoms with van der Waals surface area (Å²) in [5.41, 5.74) is 1.43. The predicted molar refractivity (Wildman–Crippen MR) is 588 cm³/mol. The van der Waals surface area contributed by atoms with E-state index in [-0.39, 0.29) is 163 Å². The SMILES string of the molecule is C#CC#CC#CC#CON1C(C)(C)CC(OC(=O)CCCCCCCCC(=O)OC2CC(C)(C)N(OCCCCCCCC)C(C)(C)C2)CC1(C)C.CCCCC(Cc1cc(C(C)(C)C)c(O)c(C(C)(C)C)c1)C(=O)OC1CC(C)(C)N(C)C(C)(C)C1.CN1C(C)(C)CC(OC(=O)CCCCCCCCC(=O)OC2CC(C)(C)N(C)C(C)(C)C2)CC1(C)C.COC1CC(C)(C)N(CCOC(=O)CCC(C)=O)C(C)(C)C1. The van der Waals surface area contributed by atoms with Gasteiger partial charge < -0.3 is 47.9 Å². The molecule has 1 aromatic rings. The van der Waals surface area contributed by atoms with Crippen molar-refractivity contribution in [3.63, 3.8) is 0 Å². The van der Waals surface area contributed by atoms with Crippen molar-refractivity contribution in [2.45, 2.75) is 599 Å². The average Bonchev–Trinajstić information content (AvgIpc) is 0.755. The molecular formula is C122H208N6O17. The fourth-order valence-electron chi connectivity index (χ4n) is 23.8. The van der Waals surface area contributed by atoms with E-state index >= 15 is 0 Å². The topological polar surface area (TPSA) is 242 Å². The molecule has 0 amide bonds. The number of nitrogens with zero attached hydrogens (tertiary/aromatic N) is 6. The molecule has 6 aliphatic rings. The highest BCUT2D eigenvalue weighted by Gasteiger charge is 2.53. The van der Waals surface area contributed by atoms with Crippen molar-refractivity contribution in [1.29, 1.82) is 0 Å². The molecule has 1 aromatic carbocycles. The Kier molecular flexibility index (Phi) is 51.9. The minimum atomic E-state index is -0.406. The van der Waals surface area contributed by atoms with Gasteiger partial charge in [-0.15, -0.1) is 11.5 Å². The van der Waals surface area contributed by atoms with E-state index in [9.17, 15) is 38.7 Å². The second-order valence-corrected chi connectivity index (χ2v) is 52.8. The lowest BCUT2D eigenvalue weighted by atomic mass is 9.77. The molecule has 0 radical (unpaired) electrons. The number of methoxy groups -OCH3 is 1. The number of terminal acetylenes is 1. The zero-order chi connectivity index (χ0) is 110. The summed E-state index contributed by atoms with van der Waals surface area (Å²) in [5, 5.41) is 15.1. The number of esters is 6. The third-order valence-corrected chi connectivity index (χ3v) is 31.7. The van der Waals surface area contributed by atoms with Gasteiger partial charge in [0.2, 0.25) is 0 Å². The lowest BCUT2D eigenvalue weighted by Gasteiger charge is -2.55. The zero-order valence-electron chi connectivity index (χ0n) is 98.8. The molecule has 0 spiro atoms. The third-order valence-electron chi connectivity index (χ3n) is 31.7. The highest BCUT2D eigenvalue weighted by molar-refractivity contribution is 5.81. The third kappa shape index (κ3) is 44.2. The second kappa shape index (κ2) is 57.6. The number of benzene rings is 1. The number of unbranched alkanes of at least 4 members (excludes halogenated alkanes) is 16. The van der Waals surface area contributed by atoms with Crippen molar-refractivity contribution in [2.75, 3.05) is 48.0 Å². The van der Waals surface area contributed by atoms with Crippen molar-refractivity contribution >= 4 is 41.6 Å². The molecule has 828 valence electrons. The van der Waals surface area contributed by atoms with Crippen molar-refractivity contribution < 1.29 is 81.5 Å². The number of hydroxylamine groups is 4. The van der Waals surface area contributed by atoms with Crippen LogP contribution < -0.4 is 0 Å². The van der Waals surface area contributed by atoms with Gasteiger partial charge in [0.15, 0.2) is 6.11 Å². The number of carbonyl (C=O) groups excluding carboxylic acids is 7. The van der Waals surface area contributed by atoms with Crippen LogP contribution >= 0.6 is 0 Å². The zero-order valence-corrected chi connectivity index (χ0v) is 98.8. The first-order chi connectivity index (χ1) is 66.9. The largest absolute Gasteiger partial charge is 0.507 e. The number of Topliss-reactive ketones (excluding diaryl/α,β-unsaturated/α-hetero) is 1. The molecule has 0 aromatic heterocycles. The number of rotatable bonds is 45. The molecule has 0 bridgehead atoms. The van der Waals surface area contributed by atoms with Crippen LogP contribution in [-0.4, -0.2) is 228 Å². The van der Waals surface area contributed by atoms with Gasteiger partial charge in [-0.05, 0) is 297 Å². The Morgan fingerprint density at radius 3 is 1.03 bits per heavy atom. The summed E-state index contributed by atoms with van der Waals surface area (Å²) < 4.78 is 40.7. The number of aromatic hydroxyl groups is 1. The van der Waals surface area contributed by atoms with Crippen LogP contribution in [0.4, 0.5) is 0 Å². The van der Waals surface area contributed by atoms with E-state index in [2.05, 4.69) is 321 Å². The van der Waals surface area contributed by atoms with Gasteiger partial charge in [-0.3, -0.25) is 53.2 Å². The van der Waals surface area contributed by atoms with E-state index in [0.717, 1.165) is 190 Å². The summed E-state index contributed by atoms with van der Waals surface area (Å²) in [7, 11) is 8.27. The van der Waals surface area contributed by atoms with Crippen LogP contribution in [0.15, 0.2) is 12.1 Å². The maximum absolute atomic E-state index is 13.6. The molecule has 23 heteroatoms. The standard InChI is InChI=1S/C44H68N2O6.C31H53NO3.C30H56N2O4.C17H31NO4/c1-11-13-15-17-23-27-31-49-45-41(3,4)33-37(34-42(45,5)6)51-39(47)29-25-21-19-20-22-26-30-40(48)52-38-35-43(7,8)46(44(9,10)36-38)50-32-28-24-18-16-14-12-2;1-13-14-15-22(27(34)35-23-19-30(8,9)32(12)31(10,11)20-23)16-21-17-24(28(2,3)4)26(33)25(18-21)29(5,6)7;1-27(2)19-23(20-28(3,4)31(27)9)35-25(33)17-15-13-11-12-14-16-18-26(34)36-24-21-29(5,6)32(10)30(7,8)22-24;1-13(19)7-8-15(20)22-10-9-18-16(2,3)11-14(21-6)12-17(18,4)5/h1,37-38H,12,14,16,18-22,24-26,28-30,32-36H2,2-10H3;17-18,22-23,33H,13-16,19-20H2,1-12H3;23-24H,11-22H2,1-10H3;14H,7-12H2,1-6H3. The fourth-order valence-corrected chi connectivity index (χ4v) is 23.8. The Balaban J connectivity index is 0.000000419. The van der Waals surface area contributed by atoms with Crippen LogP contribution in [-0.2, 0) is 93.6 Å². The molecule has 6 heterocycles. The number of likely N-dealkylation sites (tertiary alicyclic amines) is 4.